The molecule has 0 saturated carbocycles. The first-order chi connectivity index (χ1) is 9.83. The van der Waals surface area contributed by atoms with E-state index in [9.17, 15) is 0 Å². The average Bonchev–Trinajstić information content (AvgIpc) is 3.12. The Hall–Kier alpha value is -1.55. The number of rotatable bonds is 4. The number of aliphatic imine (C=N–C) groups is 1. The monoisotopic (exact) mass is 272 g/mol. The summed E-state index contributed by atoms with van der Waals surface area (Å²) in [6.07, 6.45) is 2.64. The Balaban J connectivity index is 1.66. The molecule has 2 aliphatic rings. The van der Waals surface area contributed by atoms with E-state index in [0.29, 0.717) is 12.1 Å². The fourth-order valence-electron chi connectivity index (χ4n) is 3.04. The Bertz CT molecular complexity index is 451. The maximum atomic E-state index is 4.48. The van der Waals surface area contributed by atoms with Gasteiger partial charge in [0.2, 0.25) is 0 Å². The Morgan fingerprint density at radius 1 is 1.30 bits per heavy atom. The van der Waals surface area contributed by atoms with Gasteiger partial charge in [0.1, 0.15) is 0 Å². The van der Waals surface area contributed by atoms with Crippen molar-refractivity contribution >= 4 is 5.96 Å². The minimum absolute atomic E-state index is 0.444. The summed E-state index contributed by atoms with van der Waals surface area (Å²) in [5, 5.41) is 6.86. The van der Waals surface area contributed by atoms with Crippen LogP contribution in [0.4, 0.5) is 0 Å². The molecule has 0 aromatic heterocycles. The first kappa shape index (κ1) is 13.4. The quantitative estimate of drug-likeness (QED) is 0.877. The van der Waals surface area contributed by atoms with Crippen molar-refractivity contribution in [2.45, 2.75) is 31.8 Å². The smallest absolute Gasteiger partial charge is 0.191 e. The van der Waals surface area contributed by atoms with Gasteiger partial charge in [-0.2, -0.15) is 0 Å². The number of hydrogen-bond donors (Lipinski definition) is 2. The molecule has 4 nitrogen and oxygen atoms in total. The Labute approximate surface area is 121 Å². The molecule has 1 aromatic rings. The zero-order chi connectivity index (χ0) is 13.8. The molecule has 2 aliphatic heterocycles. The number of benzene rings is 1. The Morgan fingerprint density at radius 3 is 2.70 bits per heavy atom. The average molecular weight is 272 g/mol. The molecule has 0 amide bonds. The molecular weight excluding hydrogens is 248 g/mol. The van der Waals surface area contributed by atoms with Gasteiger partial charge in [0.25, 0.3) is 0 Å². The van der Waals surface area contributed by atoms with Crippen LogP contribution in [0.1, 0.15) is 31.4 Å². The van der Waals surface area contributed by atoms with Gasteiger partial charge in [0, 0.05) is 12.6 Å². The normalized spacial score (nSPS) is 24.2. The second-order valence-electron chi connectivity index (χ2n) is 5.79. The predicted molar refractivity (Wildman–Crippen MR) is 82.9 cm³/mol. The SMILES string of the molecule is CC1CN=C(NCC(c2ccccc2)N2CCCC2)N1. The fraction of sp³-hybridized carbons (Fsp3) is 0.562. The van der Waals surface area contributed by atoms with Gasteiger partial charge in [-0.1, -0.05) is 30.3 Å². The molecule has 2 N–H and O–H groups in total. The minimum atomic E-state index is 0.444. The first-order valence-corrected chi connectivity index (χ1v) is 7.67. The van der Waals surface area contributed by atoms with Gasteiger partial charge in [-0.25, -0.2) is 0 Å². The van der Waals surface area contributed by atoms with Crippen molar-refractivity contribution in [2.75, 3.05) is 26.2 Å². The van der Waals surface area contributed by atoms with Crippen molar-refractivity contribution in [3.8, 4) is 0 Å². The lowest BCUT2D eigenvalue weighted by Gasteiger charge is -2.28. The van der Waals surface area contributed by atoms with Gasteiger partial charge in [-0.15, -0.1) is 0 Å². The van der Waals surface area contributed by atoms with Crippen LogP contribution in [0.15, 0.2) is 35.3 Å². The van der Waals surface area contributed by atoms with Crippen LogP contribution in [0.3, 0.4) is 0 Å². The number of nitrogens with zero attached hydrogens (tertiary/aromatic N) is 2. The number of hydrogen-bond acceptors (Lipinski definition) is 4. The van der Waals surface area contributed by atoms with Crippen LogP contribution in [0, 0.1) is 0 Å². The lowest BCUT2D eigenvalue weighted by atomic mass is 10.1. The predicted octanol–water partition coefficient (Wildman–Crippen LogP) is 1.76. The molecule has 108 valence electrons. The third kappa shape index (κ3) is 3.12. The maximum absolute atomic E-state index is 4.48. The van der Waals surface area contributed by atoms with E-state index in [0.717, 1.165) is 19.0 Å². The zero-order valence-electron chi connectivity index (χ0n) is 12.2. The maximum Gasteiger partial charge on any atom is 0.191 e. The lowest BCUT2D eigenvalue weighted by molar-refractivity contribution is 0.245. The third-order valence-electron chi connectivity index (χ3n) is 4.14. The summed E-state index contributed by atoms with van der Waals surface area (Å²) in [5.74, 6) is 0.956. The van der Waals surface area contributed by atoms with Crippen LogP contribution < -0.4 is 10.6 Å². The highest BCUT2D eigenvalue weighted by molar-refractivity contribution is 5.81. The van der Waals surface area contributed by atoms with Crippen molar-refractivity contribution in [3.05, 3.63) is 35.9 Å². The Kier molecular flexibility index (Phi) is 4.21. The molecule has 0 spiro atoms. The van der Waals surface area contributed by atoms with E-state index in [1.165, 1.54) is 31.5 Å². The summed E-state index contributed by atoms with van der Waals surface area (Å²) in [5.41, 5.74) is 1.40. The van der Waals surface area contributed by atoms with Crippen molar-refractivity contribution in [2.24, 2.45) is 4.99 Å². The molecule has 2 heterocycles. The van der Waals surface area contributed by atoms with Crippen LogP contribution in [-0.4, -0.2) is 43.1 Å². The van der Waals surface area contributed by atoms with Gasteiger partial charge >= 0.3 is 0 Å². The second-order valence-corrected chi connectivity index (χ2v) is 5.79. The highest BCUT2D eigenvalue weighted by atomic mass is 15.3. The highest BCUT2D eigenvalue weighted by Crippen LogP contribution is 2.24. The molecule has 0 radical (unpaired) electrons. The zero-order valence-corrected chi connectivity index (χ0v) is 12.2. The van der Waals surface area contributed by atoms with Crippen LogP contribution in [-0.2, 0) is 0 Å². The molecule has 4 heteroatoms. The van der Waals surface area contributed by atoms with E-state index >= 15 is 0 Å². The number of likely N-dealkylation sites (tertiary alicyclic amines) is 1. The third-order valence-corrected chi connectivity index (χ3v) is 4.14. The van der Waals surface area contributed by atoms with E-state index < -0.39 is 0 Å². The first-order valence-electron chi connectivity index (χ1n) is 7.67. The van der Waals surface area contributed by atoms with Crippen molar-refractivity contribution in [1.82, 2.24) is 15.5 Å². The van der Waals surface area contributed by atoms with Crippen LogP contribution >= 0.6 is 0 Å². The summed E-state index contributed by atoms with van der Waals surface area (Å²) >= 11 is 0. The van der Waals surface area contributed by atoms with E-state index in [1.807, 2.05) is 0 Å². The summed E-state index contributed by atoms with van der Waals surface area (Å²) < 4.78 is 0. The van der Waals surface area contributed by atoms with Crippen LogP contribution in [0.2, 0.25) is 0 Å². The number of nitrogens with one attached hydrogen (secondary N) is 2. The van der Waals surface area contributed by atoms with E-state index in [4.69, 9.17) is 0 Å². The molecule has 20 heavy (non-hydrogen) atoms. The lowest BCUT2D eigenvalue weighted by Crippen LogP contribution is -2.42. The van der Waals surface area contributed by atoms with Gasteiger partial charge in [-0.05, 0) is 38.4 Å². The van der Waals surface area contributed by atoms with Gasteiger partial charge in [-0.3, -0.25) is 9.89 Å². The van der Waals surface area contributed by atoms with Crippen molar-refractivity contribution in [1.29, 1.82) is 0 Å². The van der Waals surface area contributed by atoms with Gasteiger partial charge < -0.3 is 10.6 Å². The summed E-state index contributed by atoms with van der Waals surface area (Å²) in [7, 11) is 0. The van der Waals surface area contributed by atoms with Crippen LogP contribution in [0.25, 0.3) is 0 Å². The molecule has 2 atom stereocenters. The summed E-state index contributed by atoms with van der Waals surface area (Å²) in [6, 6.07) is 11.7. The molecule has 0 bridgehead atoms. The molecular formula is C16H24N4. The van der Waals surface area contributed by atoms with Crippen LogP contribution in [0.5, 0.6) is 0 Å². The van der Waals surface area contributed by atoms with Crippen molar-refractivity contribution < 1.29 is 0 Å². The van der Waals surface area contributed by atoms with E-state index in [2.05, 4.69) is 57.8 Å². The molecule has 0 aliphatic carbocycles. The topological polar surface area (TPSA) is 39.7 Å². The largest absolute Gasteiger partial charge is 0.354 e. The van der Waals surface area contributed by atoms with Gasteiger partial charge in [0.05, 0.1) is 12.6 Å². The highest BCUT2D eigenvalue weighted by Gasteiger charge is 2.24. The van der Waals surface area contributed by atoms with Crippen molar-refractivity contribution in [3.63, 3.8) is 0 Å². The molecule has 1 fully saturated rings. The summed E-state index contributed by atoms with van der Waals surface area (Å²) in [6.45, 7) is 6.37. The van der Waals surface area contributed by atoms with Gasteiger partial charge in [0.15, 0.2) is 5.96 Å². The molecule has 1 saturated heterocycles. The fourth-order valence-corrected chi connectivity index (χ4v) is 3.04. The molecule has 2 unspecified atom stereocenters. The second kappa shape index (κ2) is 6.27. The molecule has 3 rings (SSSR count). The van der Waals surface area contributed by atoms with E-state index in [1.54, 1.807) is 0 Å². The number of guanidine groups is 1. The van der Waals surface area contributed by atoms with E-state index in [-0.39, 0.29) is 0 Å². The Morgan fingerprint density at radius 2 is 2.05 bits per heavy atom. The standard InChI is InChI=1S/C16H24N4/c1-13-11-17-16(19-13)18-12-15(20-9-5-6-10-20)14-7-3-2-4-8-14/h2-4,7-8,13,15H,5-6,9-12H2,1H3,(H2,17,18,19). The molecule has 1 aromatic carbocycles. The summed E-state index contributed by atoms with van der Waals surface area (Å²) in [4.78, 5) is 7.07. The minimum Gasteiger partial charge on any atom is -0.354 e.